The number of fused-ring (bicyclic) bond motifs is 1. The number of carbonyl (C=O) groups excluding carboxylic acids is 1. The van der Waals surface area contributed by atoms with Gasteiger partial charge in [0.15, 0.2) is 18.1 Å². The van der Waals surface area contributed by atoms with Crippen molar-refractivity contribution in [2.45, 2.75) is 6.92 Å². The first-order valence-corrected chi connectivity index (χ1v) is 10.7. The summed E-state index contributed by atoms with van der Waals surface area (Å²) in [7, 11) is 0. The smallest absolute Gasteiger partial charge is 0.272 e. The number of rotatable bonds is 8. The number of ether oxygens (including phenoxy) is 2. The van der Waals surface area contributed by atoms with Gasteiger partial charge in [0.2, 0.25) is 0 Å². The van der Waals surface area contributed by atoms with Crippen LogP contribution < -0.4 is 14.9 Å². The second-order valence-corrected chi connectivity index (χ2v) is 7.22. The third-order valence-electron chi connectivity index (χ3n) is 4.97. The third kappa shape index (κ3) is 5.19. The van der Waals surface area contributed by atoms with Crippen LogP contribution in [0.5, 0.6) is 11.5 Å². The first kappa shape index (κ1) is 22.5. The molecule has 4 aromatic rings. The standard InChI is InChI=1S/C27H22N4O3/c1-2-33-26-16-19(12-13-25(26)34-15-14-28)18-29-31-27(32)22-17-24(20-8-4-3-5-9-20)30-23-11-7-6-10-21(22)23/h3-13,16-18H,2,15H2,1H3,(H,31,32)/b29-18+. The quantitative estimate of drug-likeness (QED) is 0.302. The van der Waals surface area contributed by atoms with Crippen molar-refractivity contribution in [2.75, 3.05) is 13.2 Å². The maximum Gasteiger partial charge on any atom is 0.272 e. The maximum absolute atomic E-state index is 13.0. The van der Waals surface area contributed by atoms with Crippen LogP contribution in [0.3, 0.4) is 0 Å². The van der Waals surface area contributed by atoms with E-state index < -0.39 is 0 Å². The van der Waals surface area contributed by atoms with E-state index in [0.29, 0.717) is 34.9 Å². The fourth-order valence-electron chi connectivity index (χ4n) is 3.45. The molecule has 4 rings (SSSR count). The second-order valence-electron chi connectivity index (χ2n) is 7.22. The molecule has 0 bridgehead atoms. The lowest BCUT2D eigenvalue weighted by Gasteiger charge is -2.10. The van der Waals surface area contributed by atoms with Gasteiger partial charge in [0.05, 0.1) is 29.6 Å². The van der Waals surface area contributed by atoms with E-state index in [1.807, 2.05) is 67.6 Å². The predicted molar refractivity (Wildman–Crippen MR) is 131 cm³/mol. The lowest BCUT2D eigenvalue weighted by molar-refractivity contribution is 0.0956. The molecule has 0 atom stereocenters. The highest BCUT2D eigenvalue weighted by atomic mass is 16.5. The molecule has 0 radical (unpaired) electrons. The average Bonchev–Trinajstić information content (AvgIpc) is 2.88. The highest BCUT2D eigenvalue weighted by Gasteiger charge is 2.13. The Morgan fingerprint density at radius 2 is 1.82 bits per heavy atom. The summed E-state index contributed by atoms with van der Waals surface area (Å²) in [6, 6.07) is 26.1. The van der Waals surface area contributed by atoms with Crippen LogP contribution in [0.25, 0.3) is 22.2 Å². The summed E-state index contributed by atoms with van der Waals surface area (Å²) in [6.07, 6.45) is 1.52. The molecule has 7 nitrogen and oxygen atoms in total. The van der Waals surface area contributed by atoms with Gasteiger partial charge < -0.3 is 9.47 Å². The molecule has 0 aliphatic heterocycles. The van der Waals surface area contributed by atoms with Crippen molar-refractivity contribution >= 4 is 23.0 Å². The molecule has 3 aromatic carbocycles. The van der Waals surface area contributed by atoms with Crippen molar-refractivity contribution in [2.24, 2.45) is 5.10 Å². The second kappa shape index (κ2) is 10.7. The van der Waals surface area contributed by atoms with Crippen LogP contribution >= 0.6 is 0 Å². The summed E-state index contributed by atoms with van der Waals surface area (Å²) in [5.41, 5.74) is 6.16. The van der Waals surface area contributed by atoms with Gasteiger partial charge in [0, 0.05) is 10.9 Å². The van der Waals surface area contributed by atoms with E-state index in [0.717, 1.165) is 16.5 Å². The number of hydrogen-bond donors (Lipinski definition) is 1. The van der Waals surface area contributed by atoms with E-state index in [9.17, 15) is 4.79 Å². The van der Waals surface area contributed by atoms with E-state index >= 15 is 0 Å². The number of aromatic nitrogens is 1. The van der Waals surface area contributed by atoms with Gasteiger partial charge >= 0.3 is 0 Å². The number of nitriles is 1. The van der Waals surface area contributed by atoms with Crippen LogP contribution in [0.2, 0.25) is 0 Å². The molecule has 1 aromatic heterocycles. The highest BCUT2D eigenvalue weighted by Crippen LogP contribution is 2.28. The number of nitrogens with zero attached hydrogens (tertiary/aromatic N) is 3. The van der Waals surface area contributed by atoms with Crippen molar-refractivity contribution in [3.8, 4) is 28.8 Å². The van der Waals surface area contributed by atoms with Gasteiger partial charge in [-0.15, -0.1) is 0 Å². The van der Waals surface area contributed by atoms with Crippen LogP contribution in [0.1, 0.15) is 22.8 Å². The monoisotopic (exact) mass is 450 g/mol. The zero-order chi connectivity index (χ0) is 23.8. The van der Waals surface area contributed by atoms with Gasteiger partial charge in [-0.25, -0.2) is 10.4 Å². The SMILES string of the molecule is CCOc1cc(/C=N/NC(=O)c2cc(-c3ccccc3)nc3ccccc23)ccc1OCC#N. The Kier molecular flexibility index (Phi) is 7.11. The number of carbonyl (C=O) groups is 1. The molecule has 1 heterocycles. The van der Waals surface area contributed by atoms with Crippen LogP contribution in [-0.2, 0) is 0 Å². The van der Waals surface area contributed by atoms with Crippen molar-refractivity contribution in [1.82, 2.24) is 10.4 Å². The Hall–Kier alpha value is -4.70. The molecule has 0 aliphatic rings. The minimum absolute atomic E-state index is 0.0750. The Bertz CT molecular complexity index is 1380. The van der Waals surface area contributed by atoms with E-state index in [-0.39, 0.29) is 12.5 Å². The number of pyridine rings is 1. The van der Waals surface area contributed by atoms with Crippen molar-refractivity contribution in [1.29, 1.82) is 5.26 Å². The Labute approximate surface area is 197 Å². The van der Waals surface area contributed by atoms with Crippen molar-refractivity contribution < 1.29 is 14.3 Å². The van der Waals surface area contributed by atoms with Crippen LogP contribution in [-0.4, -0.2) is 30.3 Å². The summed E-state index contributed by atoms with van der Waals surface area (Å²) >= 11 is 0. The van der Waals surface area contributed by atoms with Gasteiger partial charge in [0.1, 0.15) is 6.07 Å². The largest absolute Gasteiger partial charge is 0.490 e. The summed E-state index contributed by atoms with van der Waals surface area (Å²) in [5.74, 6) is 0.632. The highest BCUT2D eigenvalue weighted by molar-refractivity contribution is 6.07. The molecule has 1 amide bonds. The number of hydrazone groups is 1. The fraction of sp³-hybridized carbons (Fsp3) is 0.111. The minimum Gasteiger partial charge on any atom is -0.490 e. The lowest BCUT2D eigenvalue weighted by atomic mass is 10.0. The van der Waals surface area contributed by atoms with Gasteiger partial charge in [-0.2, -0.15) is 10.4 Å². The van der Waals surface area contributed by atoms with E-state index in [4.69, 9.17) is 19.7 Å². The molecule has 7 heteroatoms. The molecule has 0 saturated carbocycles. The molecule has 0 fully saturated rings. The molecular formula is C27H22N4O3. The minimum atomic E-state index is -0.342. The van der Waals surface area contributed by atoms with Crippen LogP contribution in [0.15, 0.2) is 84.0 Å². The number of amides is 1. The Balaban J connectivity index is 1.58. The lowest BCUT2D eigenvalue weighted by Crippen LogP contribution is -2.18. The van der Waals surface area contributed by atoms with Crippen molar-refractivity contribution in [3.05, 3.63) is 90.0 Å². The summed E-state index contributed by atoms with van der Waals surface area (Å²) < 4.78 is 11.0. The predicted octanol–water partition coefficient (Wildman–Crippen LogP) is 4.97. The van der Waals surface area contributed by atoms with Crippen LogP contribution in [0, 0.1) is 11.3 Å². The summed E-state index contributed by atoms with van der Waals surface area (Å²) in [6.45, 7) is 2.23. The zero-order valence-electron chi connectivity index (χ0n) is 18.6. The summed E-state index contributed by atoms with van der Waals surface area (Å²) in [5, 5.41) is 13.6. The molecule has 1 N–H and O–H groups in total. The Morgan fingerprint density at radius 1 is 1.03 bits per heavy atom. The molecule has 0 unspecified atom stereocenters. The van der Waals surface area contributed by atoms with Gasteiger partial charge in [0.25, 0.3) is 5.91 Å². The van der Waals surface area contributed by atoms with E-state index in [2.05, 4.69) is 10.5 Å². The third-order valence-corrected chi connectivity index (χ3v) is 4.97. The molecule has 34 heavy (non-hydrogen) atoms. The van der Waals surface area contributed by atoms with Crippen LogP contribution in [0.4, 0.5) is 0 Å². The molecular weight excluding hydrogens is 428 g/mol. The number of benzene rings is 3. The summed E-state index contributed by atoms with van der Waals surface area (Å²) in [4.78, 5) is 17.8. The Morgan fingerprint density at radius 3 is 2.62 bits per heavy atom. The van der Waals surface area contributed by atoms with Crippen molar-refractivity contribution in [3.63, 3.8) is 0 Å². The average molecular weight is 450 g/mol. The van der Waals surface area contributed by atoms with E-state index in [1.54, 1.807) is 24.3 Å². The first-order chi connectivity index (χ1) is 16.7. The van der Waals surface area contributed by atoms with Gasteiger partial charge in [-0.05, 0) is 42.8 Å². The van der Waals surface area contributed by atoms with Gasteiger partial charge in [-0.1, -0.05) is 48.5 Å². The molecule has 0 aliphatic carbocycles. The van der Waals surface area contributed by atoms with E-state index in [1.165, 1.54) is 6.21 Å². The first-order valence-electron chi connectivity index (χ1n) is 10.7. The topological polar surface area (TPSA) is 96.6 Å². The van der Waals surface area contributed by atoms with Gasteiger partial charge in [-0.3, -0.25) is 4.79 Å². The number of para-hydroxylation sites is 1. The maximum atomic E-state index is 13.0. The normalized spacial score (nSPS) is 10.7. The number of nitrogens with one attached hydrogen (secondary N) is 1. The number of hydrogen-bond acceptors (Lipinski definition) is 6. The molecule has 0 spiro atoms. The zero-order valence-corrected chi connectivity index (χ0v) is 18.6. The fourth-order valence-corrected chi connectivity index (χ4v) is 3.45. The molecule has 168 valence electrons. The molecule has 0 saturated heterocycles.